The van der Waals surface area contributed by atoms with Gasteiger partial charge in [-0.25, -0.2) is 0 Å². The first-order chi connectivity index (χ1) is 14.3. The number of hydrogen-bond donors (Lipinski definition) is 0. The van der Waals surface area contributed by atoms with Gasteiger partial charge in [-0.05, 0) is 48.9 Å². The summed E-state index contributed by atoms with van der Waals surface area (Å²) in [6, 6.07) is 5.17. The molecule has 3 aromatic heterocycles. The Morgan fingerprint density at radius 1 is 1.13 bits per heavy atom. The third kappa shape index (κ3) is 4.25. The van der Waals surface area contributed by atoms with Crippen LogP contribution < -0.4 is 4.90 Å². The number of rotatable bonds is 4. The third-order valence-corrected chi connectivity index (χ3v) is 6.29. The van der Waals surface area contributed by atoms with Crippen molar-refractivity contribution in [3.05, 3.63) is 39.8 Å². The highest BCUT2D eigenvalue weighted by Crippen LogP contribution is 2.28. The maximum absolute atomic E-state index is 13.1. The number of fused-ring (bicyclic) bond motifs is 1. The summed E-state index contributed by atoms with van der Waals surface area (Å²) in [6.07, 6.45) is -2.72. The van der Waals surface area contributed by atoms with Gasteiger partial charge in [-0.2, -0.15) is 17.7 Å². The van der Waals surface area contributed by atoms with Gasteiger partial charge in [0.25, 0.3) is 5.82 Å². The van der Waals surface area contributed by atoms with Gasteiger partial charge in [0, 0.05) is 37.5 Å². The molecular weight excluding hydrogens is 417 g/mol. The fourth-order valence-corrected chi connectivity index (χ4v) is 4.47. The first-order valence-electron chi connectivity index (χ1n) is 9.68. The number of aryl methyl sites for hydroxylation is 2. The molecule has 30 heavy (non-hydrogen) atoms. The molecule has 1 amide bonds. The van der Waals surface area contributed by atoms with E-state index in [0.29, 0.717) is 38.4 Å². The number of hydrogen-bond acceptors (Lipinski definition) is 6. The molecule has 160 valence electrons. The number of thiophene rings is 1. The Hall–Kier alpha value is -2.69. The fourth-order valence-electron chi connectivity index (χ4n) is 3.56. The van der Waals surface area contributed by atoms with E-state index in [1.54, 1.807) is 17.4 Å². The lowest BCUT2D eigenvalue weighted by Gasteiger charge is -2.23. The second-order valence-electron chi connectivity index (χ2n) is 7.23. The molecule has 0 radical (unpaired) electrons. The number of nitrogens with zero attached hydrogens (tertiary/aromatic N) is 6. The normalized spacial score (nSPS) is 15.6. The minimum Gasteiger partial charge on any atom is -0.353 e. The van der Waals surface area contributed by atoms with E-state index < -0.39 is 12.0 Å². The molecule has 4 rings (SSSR count). The Bertz CT molecular complexity index is 1050. The number of amides is 1. The van der Waals surface area contributed by atoms with Crippen molar-refractivity contribution < 1.29 is 18.0 Å². The summed E-state index contributed by atoms with van der Waals surface area (Å²) >= 11 is 1.66. The van der Waals surface area contributed by atoms with Crippen LogP contribution in [0.2, 0.25) is 0 Å². The maximum Gasteiger partial charge on any atom is 0.453 e. The van der Waals surface area contributed by atoms with E-state index in [4.69, 9.17) is 0 Å². The van der Waals surface area contributed by atoms with E-state index in [2.05, 4.69) is 21.4 Å². The second-order valence-corrected chi connectivity index (χ2v) is 8.23. The van der Waals surface area contributed by atoms with Crippen molar-refractivity contribution in [2.45, 2.75) is 32.4 Å². The highest BCUT2D eigenvalue weighted by Gasteiger charge is 2.37. The van der Waals surface area contributed by atoms with Gasteiger partial charge in [0.1, 0.15) is 5.82 Å². The zero-order valence-electron chi connectivity index (χ0n) is 16.4. The lowest BCUT2D eigenvalue weighted by atomic mass is 10.2. The first kappa shape index (κ1) is 20.6. The van der Waals surface area contributed by atoms with E-state index >= 15 is 0 Å². The number of alkyl halides is 3. The molecule has 0 aliphatic carbocycles. The quantitative estimate of drug-likeness (QED) is 0.626. The average molecular weight is 438 g/mol. The summed E-state index contributed by atoms with van der Waals surface area (Å²) in [5.74, 6) is -0.627. The van der Waals surface area contributed by atoms with Gasteiger partial charge in [0.2, 0.25) is 5.91 Å². The Morgan fingerprint density at radius 3 is 2.70 bits per heavy atom. The largest absolute Gasteiger partial charge is 0.453 e. The van der Waals surface area contributed by atoms with E-state index in [0.717, 1.165) is 17.4 Å². The van der Waals surface area contributed by atoms with Crippen molar-refractivity contribution in [2.75, 3.05) is 31.1 Å². The van der Waals surface area contributed by atoms with Crippen LogP contribution in [0.15, 0.2) is 23.6 Å². The standard InChI is InChI=1S/C19H21F3N6OS/c1-13-7-12-30-14(13)3-6-17(29)27-9-2-8-26(10-11-27)16-5-4-15-23-24-18(19(20,21)22)28(15)25-16/h4-5,7,12H,2-3,6,8-11H2,1H3. The Labute approximate surface area is 175 Å². The maximum atomic E-state index is 13.1. The van der Waals surface area contributed by atoms with E-state index in [-0.39, 0.29) is 11.6 Å². The summed E-state index contributed by atoms with van der Waals surface area (Å²) in [6.45, 7) is 4.29. The van der Waals surface area contributed by atoms with Crippen LogP contribution in [-0.4, -0.2) is 56.8 Å². The van der Waals surface area contributed by atoms with Crippen LogP contribution in [0.4, 0.5) is 19.0 Å². The van der Waals surface area contributed by atoms with Crippen LogP contribution in [0, 0.1) is 6.92 Å². The average Bonchev–Trinajstić information content (AvgIpc) is 3.23. The molecule has 0 bridgehead atoms. The highest BCUT2D eigenvalue weighted by atomic mass is 32.1. The molecule has 1 fully saturated rings. The van der Waals surface area contributed by atoms with Gasteiger partial charge in [-0.1, -0.05) is 0 Å². The van der Waals surface area contributed by atoms with Crippen molar-refractivity contribution in [1.82, 2.24) is 24.7 Å². The molecule has 7 nitrogen and oxygen atoms in total. The molecule has 0 unspecified atom stereocenters. The molecule has 3 aromatic rings. The van der Waals surface area contributed by atoms with Gasteiger partial charge in [0.15, 0.2) is 5.65 Å². The summed E-state index contributed by atoms with van der Waals surface area (Å²) in [5.41, 5.74) is 1.25. The van der Waals surface area contributed by atoms with Crippen LogP contribution in [0.3, 0.4) is 0 Å². The van der Waals surface area contributed by atoms with Crippen LogP contribution in [0.5, 0.6) is 0 Å². The predicted molar refractivity (Wildman–Crippen MR) is 107 cm³/mol. The Morgan fingerprint density at radius 2 is 1.97 bits per heavy atom. The van der Waals surface area contributed by atoms with Crippen molar-refractivity contribution in [2.24, 2.45) is 0 Å². The molecule has 0 aromatic carbocycles. The lowest BCUT2D eigenvalue weighted by molar-refractivity contribution is -0.146. The molecule has 0 atom stereocenters. The molecule has 0 saturated carbocycles. The van der Waals surface area contributed by atoms with Crippen molar-refractivity contribution in [3.63, 3.8) is 0 Å². The van der Waals surface area contributed by atoms with Crippen LogP contribution in [0.25, 0.3) is 5.65 Å². The molecular formula is C19H21F3N6OS. The van der Waals surface area contributed by atoms with Crippen LogP contribution >= 0.6 is 11.3 Å². The highest BCUT2D eigenvalue weighted by molar-refractivity contribution is 7.10. The number of carbonyl (C=O) groups excluding carboxylic acids is 1. The van der Waals surface area contributed by atoms with E-state index in [1.807, 2.05) is 22.1 Å². The summed E-state index contributed by atoms with van der Waals surface area (Å²) < 4.78 is 40.1. The minimum atomic E-state index is -4.63. The minimum absolute atomic E-state index is 0.0431. The molecule has 1 aliphatic rings. The monoisotopic (exact) mass is 438 g/mol. The summed E-state index contributed by atoms with van der Waals surface area (Å²) in [4.78, 5) is 17.6. The van der Waals surface area contributed by atoms with Crippen LogP contribution in [0.1, 0.15) is 29.1 Å². The molecule has 1 aliphatic heterocycles. The van der Waals surface area contributed by atoms with Gasteiger partial charge in [-0.3, -0.25) is 4.79 Å². The van der Waals surface area contributed by atoms with Crippen molar-refractivity contribution in [3.8, 4) is 0 Å². The SMILES string of the molecule is Cc1ccsc1CCC(=O)N1CCCN(c2ccc3nnc(C(F)(F)F)n3n2)CC1. The number of carbonyl (C=O) groups is 1. The molecule has 1 saturated heterocycles. The number of anilines is 1. The predicted octanol–water partition coefficient (Wildman–Crippen LogP) is 3.18. The lowest BCUT2D eigenvalue weighted by Crippen LogP contribution is -2.35. The summed E-state index contributed by atoms with van der Waals surface area (Å²) in [7, 11) is 0. The van der Waals surface area contributed by atoms with Crippen LogP contribution in [-0.2, 0) is 17.4 Å². The van der Waals surface area contributed by atoms with Gasteiger partial charge in [0.05, 0.1) is 0 Å². The fraction of sp³-hybridized carbons (Fsp3) is 0.474. The Kier molecular flexibility index (Phi) is 5.63. The van der Waals surface area contributed by atoms with Crippen molar-refractivity contribution >= 4 is 28.7 Å². The number of aromatic nitrogens is 4. The molecule has 4 heterocycles. The third-order valence-electron chi connectivity index (χ3n) is 5.21. The zero-order valence-corrected chi connectivity index (χ0v) is 17.2. The topological polar surface area (TPSA) is 66.6 Å². The number of halogens is 3. The Balaban J connectivity index is 1.42. The zero-order chi connectivity index (χ0) is 21.3. The molecule has 0 spiro atoms. The summed E-state index contributed by atoms with van der Waals surface area (Å²) in [5, 5.41) is 12.9. The van der Waals surface area contributed by atoms with Gasteiger partial charge in [-0.15, -0.1) is 26.6 Å². The smallest absolute Gasteiger partial charge is 0.353 e. The van der Waals surface area contributed by atoms with E-state index in [9.17, 15) is 18.0 Å². The van der Waals surface area contributed by atoms with E-state index in [1.165, 1.54) is 16.5 Å². The molecule has 0 N–H and O–H groups in total. The first-order valence-corrected chi connectivity index (χ1v) is 10.6. The second kappa shape index (κ2) is 8.21. The van der Waals surface area contributed by atoms with Crippen molar-refractivity contribution in [1.29, 1.82) is 0 Å². The van der Waals surface area contributed by atoms with Gasteiger partial charge >= 0.3 is 6.18 Å². The van der Waals surface area contributed by atoms with Gasteiger partial charge < -0.3 is 9.80 Å². The molecule has 11 heteroatoms.